The van der Waals surface area contributed by atoms with Gasteiger partial charge in [-0.3, -0.25) is 4.79 Å². The summed E-state index contributed by atoms with van der Waals surface area (Å²) in [6, 6.07) is 10.3. The summed E-state index contributed by atoms with van der Waals surface area (Å²) >= 11 is 0. The number of amides is 1. The Kier molecular flexibility index (Phi) is 13.0. The first-order valence-electron chi connectivity index (χ1n) is 13.1. The van der Waals surface area contributed by atoms with Crippen molar-refractivity contribution >= 4 is 11.9 Å². The first kappa shape index (κ1) is 30.2. The Balaban J connectivity index is 2.05. The fourth-order valence-electron chi connectivity index (χ4n) is 4.26. The van der Waals surface area contributed by atoms with Gasteiger partial charge >= 0.3 is 5.97 Å². The average molecular weight is 520 g/mol. The zero-order chi connectivity index (χ0) is 27.2. The van der Waals surface area contributed by atoms with Crippen molar-refractivity contribution in [3.8, 4) is 5.75 Å². The Morgan fingerprint density at radius 3 is 2.27 bits per heavy atom. The van der Waals surface area contributed by atoms with Gasteiger partial charge in [-0.05, 0) is 43.5 Å². The van der Waals surface area contributed by atoms with Crippen LogP contribution in [0.15, 0.2) is 42.5 Å². The fourth-order valence-corrected chi connectivity index (χ4v) is 4.26. The van der Waals surface area contributed by atoms with Crippen LogP contribution in [0, 0.1) is 11.6 Å². The maximum absolute atomic E-state index is 14.2. The molecule has 1 N–H and O–H groups in total. The summed E-state index contributed by atoms with van der Waals surface area (Å²) in [6.07, 6.45) is 4.69. The standard InChI is InChI=1S/C29H39F2NO5/c1-4-7-8-9-10-17-32(19-22-11-14-23(30)18-26(22)31)27(33)20-37-24-15-12-21(13-16-24)25(5-2)28(29(34)35)36-6-3/h11-16,18,25,28H,4-10,17,19-20H2,1-3H3,(H,34,35)/t25?,28-/m0/s1. The van der Waals surface area contributed by atoms with E-state index in [1.807, 2.05) is 6.92 Å². The number of rotatable bonds is 17. The summed E-state index contributed by atoms with van der Waals surface area (Å²) in [4.78, 5) is 26.2. The second kappa shape index (κ2) is 16.0. The molecule has 1 amide bonds. The van der Waals surface area contributed by atoms with Gasteiger partial charge < -0.3 is 19.5 Å². The van der Waals surface area contributed by atoms with Crippen molar-refractivity contribution in [2.75, 3.05) is 19.8 Å². The van der Waals surface area contributed by atoms with E-state index in [1.54, 1.807) is 36.1 Å². The van der Waals surface area contributed by atoms with Crippen LogP contribution < -0.4 is 4.74 Å². The van der Waals surface area contributed by atoms with Crippen LogP contribution in [0.1, 0.15) is 76.3 Å². The summed E-state index contributed by atoms with van der Waals surface area (Å²) in [6.45, 7) is 6.35. The minimum absolute atomic E-state index is 0.0349. The zero-order valence-electron chi connectivity index (χ0n) is 22.1. The Bertz CT molecular complexity index is 983. The quantitative estimate of drug-likeness (QED) is 0.247. The molecule has 204 valence electrons. The summed E-state index contributed by atoms with van der Waals surface area (Å²) < 4.78 is 38.7. The van der Waals surface area contributed by atoms with Crippen LogP contribution >= 0.6 is 0 Å². The first-order valence-corrected chi connectivity index (χ1v) is 13.1. The predicted octanol–water partition coefficient (Wildman–Crippen LogP) is 6.33. The molecule has 8 heteroatoms. The molecule has 0 aliphatic heterocycles. The van der Waals surface area contributed by atoms with Crippen LogP contribution in [0.25, 0.3) is 0 Å². The molecule has 0 aliphatic carbocycles. The number of unbranched alkanes of at least 4 members (excludes halogenated alkanes) is 4. The lowest BCUT2D eigenvalue weighted by Crippen LogP contribution is -2.35. The van der Waals surface area contributed by atoms with Crippen LogP contribution in [-0.4, -0.2) is 47.7 Å². The third-order valence-corrected chi connectivity index (χ3v) is 6.33. The van der Waals surface area contributed by atoms with E-state index < -0.39 is 23.7 Å². The van der Waals surface area contributed by atoms with Gasteiger partial charge in [0.1, 0.15) is 17.4 Å². The minimum atomic E-state index is -1.01. The largest absolute Gasteiger partial charge is 0.484 e. The van der Waals surface area contributed by atoms with Gasteiger partial charge in [-0.1, -0.05) is 57.7 Å². The maximum atomic E-state index is 14.2. The van der Waals surface area contributed by atoms with E-state index in [-0.39, 0.29) is 30.5 Å². The van der Waals surface area contributed by atoms with Crippen molar-refractivity contribution in [3.05, 3.63) is 65.2 Å². The van der Waals surface area contributed by atoms with E-state index in [9.17, 15) is 23.5 Å². The lowest BCUT2D eigenvalue weighted by atomic mass is 9.91. The number of carboxylic acid groups (broad SMARTS) is 1. The van der Waals surface area contributed by atoms with Crippen LogP contribution in [0.2, 0.25) is 0 Å². The SMILES string of the molecule is CCCCCCCN(Cc1ccc(F)cc1F)C(=O)COc1ccc(C(CC)[C@H](OCC)C(=O)O)cc1. The van der Waals surface area contributed by atoms with Crippen molar-refractivity contribution < 1.29 is 33.0 Å². The molecule has 0 spiro atoms. The molecule has 0 saturated heterocycles. The molecule has 6 nitrogen and oxygen atoms in total. The maximum Gasteiger partial charge on any atom is 0.333 e. The monoisotopic (exact) mass is 519 g/mol. The molecule has 1 unspecified atom stereocenters. The van der Waals surface area contributed by atoms with Gasteiger partial charge in [-0.2, -0.15) is 0 Å². The van der Waals surface area contributed by atoms with Gasteiger partial charge in [0.2, 0.25) is 0 Å². The topological polar surface area (TPSA) is 76.1 Å². The van der Waals surface area contributed by atoms with E-state index in [2.05, 4.69) is 6.92 Å². The van der Waals surface area contributed by atoms with Crippen LogP contribution in [0.5, 0.6) is 5.75 Å². The van der Waals surface area contributed by atoms with E-state index in [4.69, 9.17) is 9.47 Å². The van der Waals surface area contributed by atoms with Gasteiger partial charge in [-0.15, -0.1) is 0 Å². The number of hydrogen-bond donors (Lipinski definition) is 1. The Hall–Kier alpha value is -3.00. The van der Waals surface area contributed by atoms with Gasteiger partial charge in [-0.25, -0.2) is 13.6 Å². The summed E-state index contributed by atoms with van der Waals surface area (Å²) in [5, 5.41) is 9.53. The number of aliphatic carboxylic acids is 1. The molecule has 0 aromatic heterocycles. The number of ether oxygens (including phenoxy) is 2. The van der Waals surface area contributed by atoms with Crippen molar-refractivity contribution in [1.29, 1.82) is 0 Å². The fraction of sp³-hybridized carbons (Fsp3) is 0.517. The molecule has 0 fully saturated rings. The van der Waals surface area contributed by atoms with Gasteiger partial charge in [0.15, 0.2) is 12.7 Å². The molecular weight excluding hydrogens is 480 g/mol. The lowest BCUT2D eigenvalue weighted by Gasteiger charge is -2.24. The number of carbonyl (C=O) groups is 2. The summed E-state index contributed by atoms with van der Waals surface area (Å²) in [5.41, 5.74) is 1.06. The van der Waals surface area contributed by atoms with Crippen LogP contribution in [-0.2, 0) is 20.9 Å². The Morgan fingerprint density at radius 2 is 1.68 bits per heavy atom. The highest BCUT2D eigenvalue weighted by atomic mass is 19.1. The van der Waals surface area contributed by atoms with Crippen molar-refractivity contribution in [3.63, 3.8) is 0 Å². The molecular formula is C29H39F2NO5. The summed E-state index contributed by atoms with van der Waals surface area (Å²) in [7, 11) is 0. The summed E-state index contributed by atoms with van der Waals surface area (Å²) in [5.74, 6) is -2.50. The molecule has 2 aromatic rings. The smallest absolute Gasteiger partial charge is 0.333 e. The molecule has 0 aliphatic rings. The van der Waals surface area contributed by atoms with Crippen molar-refractivity contribution in [2.24, 2.45) is 0 Å². The van der Waals surface area contributed by atoms with Gasteiger partial charge in [0.05, 0.1) is 0 Å². The first-order chi connectivity index (χ1) is 17.8. The molecule has 0 heterocycles. The molecule has 2 rings (SSSR count). The highest BCUT2D eigenvalue weighted by Gasteiger charge is 2.28. The highest BCUT2D eigenvalue weighted by molar-refractivity contribution is 5.77. The molecule has 37 heavy (non-hydrogen) atoms. The third kappa shape index (κ3) is 9.76. The minimum Gasteiger partial charge on any atom is -0.484 e. The molecule has 2 atom stereocenters. The van der Waals surface area contributed by atoms with Crippen molar-refractivity contribution in [1.82, 2.24) is 4.90 Å². The molecule has 2 aromatic carbocycles. The molecule has 0 bridgehead atoms. The van der Waals surface area contributed by atoms with Crippen molar-refractivity contribution in [2.45, 2.75) is 77.9 Å². The number of halogens is 2. The van der Waals surface area contributed by atoms with E-state index in [0.717, 1.165) is 43.7 Å². The average Bonchev–Trinajstić information content (AvgIpc) is 2.88. The normalized spacial score (nSPS) is 12.7. The van der Waals surface area contributed by atoms with E-state index in [1.165, 1.54) is 12.1 Å². The number of hydrogen-bond acceptors (Lipinski definition) is 4. The number of benzene rings is 2. The number of carbonyl (C=O) groups excluding carboxylic acids is 1. The van der Waals surface area contributed by atoms with Gasteiger partial charge in [0, 0.05) is 37.2 Å². The molecule has 0 saturated carbocycles. The zero-order valence-corrected chi connectivity index (χ0v) is 22.1. The molecule has 0 radical (unpaired) electrons. The van der Waals surface area contributed by atoms with E-state index >= 15 is 0 Å². The van der Waals surface area contributed by atoms with Crippen LogP contribution in [0.4, 0.5) is 8.78 Å². The second-order valence-electron chi connectivity index (χ2n) is 9.05. The number of carboxylic acids is 1. The van der Waals surface area contributed by atoms with Crippen LogP contribution in [0.3, 0.4) is 0 Å². The van der Waals surface area contributed by atoms with Gasteiger partial charge in [0.25, 0.3) is 5.91 Å². The third-order valence-electron chi connectivity index (χ3n) is 6.33. The highest BCUT2D eigenvalue weighted by Crippen LogP contribution is 2.28. The Labute approximate surface area is 218 Å². The lowest BCUT2D eigenvalue weighted by molar-refractivity contribution is -0.151. The predicted molar refractivity (Wildman–Crippen MR) is 139 cm³/mol. The van der Waals surface area contributed by atoms with E-state index in [0.29, 0.717) is 25.3 Å². The second-order valence-corrected chi connectivity index (χ2v) is 9.05. The number of nitrogens with zero attached hydrogens (tertiary/aromatic N) is 1. The Morgan fingerprint density at radius 1 is 0.973 bits per heavy atom.